The molecule has 1 aromatic carbocycles. The van der Waals surface area contributed by atoms with Gasteiger partial charge in [-0.05, 0) is 47.9 Å². The van der Waals surface area contributed by atoms with Gasteiger partial charge in [0.25, 0.3) is 0 Å². The number of ether oxygens (including phenoxy) is 1. The van der Waals surface area contributed by atoms with Crippen LogP contribution in [0.3, 0.4) is 0 Å². The summed E-state index contributed by atoms with van der Waals surface area (Å²) in [6.07, 6.45) is 0. The molecule has 1 aliphatic carbocycles. The Morgan fingerprint density at radius 3 is 2.56 bits per heavy atom. The number of methoxy groups -OCH3 is 1. The molecule has 2 atom stereocenters. The van der Waals surface area contributed by atoms with Crippen molar-refractivity contribution in [1.29, 1.82) is 0 Å². The van der Waals surface area contributed by atoms with Crippen LogP contribution in [0.1, 0.15) is 30.9 Å². The van der Waals surface area contributed by atoms with Crippen LogP contribution in [-0.4, -0.2) is 13.7 Å². The van der Waals surface area contributed by atoms with Crippen LogP contribution in [0, 0.1) is 18.3 Å². The maximum atomic E-state index is 5.82. The van der Waals surface area contributed by atoms with Crippen LogP contribution < -0.4 is 10.5 Å². The Hall–Kier alpha value is -1.02. The smallest absolute Gasteiger partial charge is 0.122 e. The minimum Gasteiger partial charge on any atom is -0.496 e. The number of hydrogen-bond acceptors (Lipinski definition) is 2. The minimum atomic E-state index is 0.317. The Labute approximate surface area is 97.8 Å². The van der Waals surface area contributed by atoms with Crippen molar-refractivity contribution >= 4 is 0 Å². The average molecular weight is 219 g/mol. The molecule has 2 N–H and O–H groups in total. The van der Waals surface area contributed by atoms with E-state index in [1.54, 1.807) is 7.11 Å². The van der Waals surface area contributed by atoms with E-state index in [1.165, 1.54) is 11.1 Å². The van der Waals surface area contributed by atoms with Gasteiger partial charge < -0.3 is 10.5 Å². The van der Waals surface area contributed by atoms with Crippen molar-refractivity contribution in [1.82, 2.24) is 0 Å². The monoisotopic (exact) mass is 219 g/mol. The molecule has 0 heterocycles. The van der Waals surface area contributed by atoms with E-state index >= 15 is 0 Å². The van der Waals surface area contributed by atoms with Crippen LogP contribution in [0.25, 0.3) is 0 Å². The van der Waals surface area contributed by atoms with E-state index in [9.17, 15) is 0 Å². The largest absolute Gasteiger partial charge is 0.496 e. The van der Waals surface area contributed by atoms with Crippen LogP contribution >= 0.6 is 0 Å². The normalized spacial score (nSPS) is 26.6. The first-order valence-corrected chi connectivity index (χ1v) is 5.87. The highest BCUT2D eigenvalue weighted by Gasteiger charge is 2.58. The molecule has 1 saturated carbocycles. The molecule has 16 heavy (non-hydrogen) atoms. The first kappa shape index (κ1) is 11.5. The standard InChI is InChI=1S/C14H21NO/c1-9-5-6-10(12(7-9)16-4)13-11(8-15)14(13,2)3/h5-7,11,13H,8,15H2,1-4H3/t11-,13-/m1/s1. The summed E-state index contributed by atoms with van der Waals surface area (Å²) in [6, 6.07) is 6.45. The summed E-state index contributed by atoms with van der Waals surface area (Å²) in [5.74, 6) is 2.14. The SMILES string of the molecule is COc1cc(C)ccc1[C@@H]1[C@@H](CN)C1(C)C. The van der Waals surface area contributed by atoms with E-state index in [4.69, 9.17) is 10.5 Å². The van der Waals surface area contributed by atoms with E-state index < -0.39 is 0 Å². The highest BCUT2D eigenvalue weighted by Crippen LogP contribution is 2.65. The minimum absolute atomic E-state index is 0.317. The van der Waals surface area contributed by atoms with E-state index in [0.717, 1.165) is 12.3 Å². The van der Waals surface area contributed by atoms with E-state index in [-0.39, 0.29) is 0 Å². The Kier molecular flexibility index (Phi) is 2.70. The third-order valence-electron chi connectivity index (χ3n) is 4.03. The summed E-state index contributed by atoms with van der Waals surface area (Å²) >= 11 is 0. The summed E-state index contributed by atoms with van der Waals surface area (Å²) in [5, 5.41) is 0. The molecular weight excluding hydrogens is 198 g/mol. The molecule has 0 saturated heterocycles. The molecule has 0 aliphatic heterocycles. The predicted molar refractivity (Wildman–Crippen MR) is 66.8 cm³/mol. The lowest BCUT2D eigenvalue weighted by Crippen LogP contribution is -2.05. The van der Waals surface area contributed by atoms with Crippen molar-refractivity contribution in [3.05, 3.63) is 29.3 Å². The third kappa shape index (κ3) is 1.61. The zero-order valence-electron chi connectivity index (χ0n) is 10.6. The second-order valence-electron chi connectivity index (χ2n) is 5.39. The van der Waals surface area contributed by atoms with Crippen LogP contribution in [0.15, 0.2) is 18.2 Å². The first-order valence-electron chi connectivity index (χ1n) is 5.87. The zero-order chi connectivity index (χ0) is 11.9. The number of rotatable bonds is 3. The van der Waals surface area contributed by atoms with Gasteiger partial charge in [0.2, 0.25) is 0 Å². The average Bonchev–Trinajstić information content (AvgIpc) is 2.80. The lowest BCUT2D eigenvalue weighted by molar-refractivity contribution is 0.407. The fraction of sp³-hybridized carbons (Fsp3) is 0.571. The fourth-order valence-corrected chi connectivity index (χ4v) is 2.88. The number of aryl methyl sites for hydroxylation is 1. The molecule has 88 valence electrons. The highest BCUT2D eigenvalue weighted by atomic mass is 16.5. The quantitative estimate of drug-likeness (QED) is 0.848. The van der Waals surface area contributed by atoms with Gasteiger partial charge in [0.15, 0.2) is 0 Å². The van der Waals surface area contributed by atoms with Gasteiger partial charge in [-0.2, -0.15) is 0 Å². The molecule has 1 fully saturated rings. The van der Waals surface area contributed by atoms with Gasteiger partial charge >= 0.3 is 0 Å². The van der Waals surface area contributed by atoms with E-state index in [0.29, 0.717) is 17.3 Å². The molecule has 0 unspecified atom stereocenters. The van der Waals surface area contributed by atoms with Crippen molar-refractivity contribution in [2.45, 2.75) is 26.7 Å². The van der Waals surface area contributed by atoms with Gasteiger partial charge in [-0.1, -0.05) is 26.0 Å². The highest BCUT2D eigenvalue weighted by molar-refractivity contribution is 5.44. The summed E-state index contributed by atoms with van der Waals surface area (Å²) in [6.45, 7) is 7.42. The van der Waals surface area contributed by atoms with Crippen LogP contribution in [0.4, 0.5) is 0 Å². The lowest BCUT2D eigenvalue weighted by Gasteiger charge is -2.10. The Bertz CT molecular complexity index is 398. The third-order valence-corrected chi connectivity index (χ3v) is 4.03. The molecule has 0 aromatic heterocycles. The number of nitrogens with two attached hydrogens (primary N) is 1. The number of benzene rings is 1. The van der Waals surface area contributed by atoms with Crippen LogP contribution in [0.2, 0.25) is 0 Å². The van der Waals surface area contributed by atoms with Crippen molar-refractivity contribution in [2.24, 2.45) is 17.1 Å². The van der Waals surface area contributed by atoms with Crippen molar-refractivity contribution < 1.29 is 4.74 Å². The molecule has 2 nitrogen and oxygen atoms in total. The van der Waals surface area contributed by atoms with Gasteiger partial charge in [-0.15, -0.1) is 0 Å². The molecular formula is C14H21NO. The Morgan fingerprint density at radius 1 is 1.38 bits per heavy atom. The van der Waals surface area contributed by atoms with Crippen molar-refractivity contribution in [3.8, 4) is 5.75 Å². The topological polar surface area (TPSA) is 35.2 Å². The summed E-state index contributed by atoms with van der Waals surface area (Å²) in [5.41, 5.74) is 8.69. The molecule has 1 aromatic rings. The number of hydrogen-bond donors (Lipinski definition) is 1. The zero-order valence-corrected chi connectivity index (χ0v) is 10.6. The molecule has 1 aliphatic rings. The first-order chi connectivity index (χ1) is 7.52. The molecule has 2 heteroatoms. The maximum Gasteiger partial charge on any atom is 0.122 e. The summed E-state index contributed by atoms with van der Waals surface area (Å²) in [4.78, 5) is 0. The summed E-state index contributed by atoms with van der Waals surface area (Å²) in [7, 11) is 1.74. The Balaban J connectivity index is 2.35. The van der Waals surface area contributed by atoms with Gasteiger partial charge in [-0.25, -0.2) is 0 Å². The van der Waals surface area contributed by atoms with Gasteiger partial charge in [0, 0.05) is 0 Å². The molecule has 0 spiro atoms. The van der Waals surface area contributed by atoms with Crippen molar-refractivity contribution in [2.75, 3.05) is 13.7 Å². The van der Waals surface area contributed by atoms with Crippen molar-refractivity contribution in [3.63, 3.8) is 0 Å². The summed E-state index contributed by atoms with van der Waals surface area (Å²) < 4.78 is 5.47. The fourth-order valence-electron chi connectivity index (χ4n) is 2.88. The van der Waals surface area contributed by atoms with Gasteiger partial charge in [0.1, 0.15) is 5.75 Å². The van der Waals surface area contributed by atoms with Crippen LogP contribution in [0.5, 0.6) is 5.75 Å². The maximum absolute atomic E-state index is 5.82. The second-order valence-corrected chi connectivity index (χ2v) is 5.39. The molecule has 0 radical (unpaired) electrons. The Morgan fingerprint density at radius 2 is 2.06 bits per heavy atom. The van der Waals surface area contributed by atoms with Gasteiger partial charge in [-0.3, -0.25) is 0 Å². The van der Waals surface area contributed by atoms with E-state index in [1.807, 2.05) is 0 Å². The van der Waals surface area contributed by atoms with Crippen LogP contribution in [-0.2, 0) is 0 Å². The lowest BCUT2D eigenvalue weighted by atomic mass is 10.0. The molecule has 2 rings (SSSR count). The van der Waals surface area contributed by atoms with E-state index in [2.05, 4.69) is 39.0 Å². The molecule has 0 bridgehead atoms. The second kappa shape index (κ2) is 3.77. The molecule has 0 amide bonds. The van der Waals surface area contributed by atoms with Gasteiger partial charge in [0.05, 0.1) is 7.11 Å². The predicted octanol–water partition coefficient (Wildman–Crippen LogP) is 2.70.